The molecule has 2 rings (SSSR count). The van der Waals surface area contributed by atoms with Crippen molar-refractivity contribution in [2.45, 2.75) is 6.61 Å². The van der Waals surface area contributed by atoms with E-state index in [1.165, 1.54) is 24.2 Å². The number of hydrogen-bond donors (Lipinski definition) is 1. The van der Waals surface area contributed by atoms with Gasteiger partial charge in [-0.2, -0.15) is 0 Å². The Labute approximate surface area is 136 Å². The van der Waals surface area contributed by atoms with Crippen LogP contribution in [0.3, 0.4) is 0 Å². The van der Waals surface area contributed by atoms with Crippen LogP contribution in [0, 0.1) is 0 Å². The minimum absolute atomic E-state index is 0.166. The summed E-state index contributed by atoms with van der Waals surface area (Å²) in [5, 5.41) is 1.43. The van der Waals surface area contributed by atoms with Gasteiger partial charge in [-0.05, 0) is 18.4 Å². The van der Waals surface area contributed by atoms with Crippen molar-refractivity contribution in [2.75, 3.05) is 6.26 Å². The third-order valence-corrected chi connectivity index (χ3v) is 3.70. The Kier molecular flexibility index (Phi) is 5.67. The lowest BCUT2D eigenvalue weighted by molar-refractivity contribution is 0.294. The molecule has 0 amide bonds. The van der Waals surface area contributed by atoms with Crippen LogP contribution in [0.2, 0.25) is 10.0 Å². The standard InChI is InChI=1S/C13H12Cl2N4OS/c1-21-13(16)19-11-12(18-6-5-17-11)20-7-8-9(14)3-2-4-10(8)15/h2-6H,7H2,1H3,(H2,16,17,19). The van der Waals surface area contributed by atoms with Crippen molar-refractivity contribution < 1.29 is 4.74 Å². The van der Waals surface area contributed by atoms with E-state index in [0.29, 0.717) is 26.6 Å². The molecule has 0 unspecified atom stereocenters. The van der Waals surface area contributed by atoms with Gasteiger partial charge in [0.05, 0.1) is 0 Å². The zero-order valence-electron chi connectivity index (χ0n) is 11.1. The third kappa shape index (κ3) is 4.23. The summed E-state index contributed by atoms with van der Waals surface area (Å²) >= 11 is 13.5. The number of rotatable bonds is 4. The number of nitrogens with zero attached hydrogens (tertiary/aromatic N) is 3. The van der Waals surface area contributed by atoms with E-state index in [-0.39, 0.29) is 12.5 Å². The van der Waals surface area contributed by atoms with Gasteiger partial charge in [-0.15, -0.1) is 0 Å². The van der Waals surface area contributed by atoms with Crippen molar-refractivity contribution in [3.63, 3.8) is 0 Å². The van der Waals surface area contributed by atoms with Gasteiger partial charge in [-0.25, -0.2) is 15.0 Å². The normalized spacial score (nSPS) is 11.5. The molecule has 0 aliphatic carbocycles. The second-order valence-electron chi connectivity index (χ2n) is 3.83. The van der Waals surface area contributed by atoms with Crippen LogP contribution in [0.5, 0.6) is 5.88 Å². The van der Waals surface area contributed by atoms with Gasteiger partial charge >= 0.3 is 0 Å². The molecular weight excluding hydrogens is 331 g/mol. The zero-order valence-corrected chi connectivity index (χ0v) is 13.4. The Hall–Kier alpha value is -1.50. The summed E-state index contributed by atoms with van der Waals surface area (Å²) in [5.41, 5.74) is 6.36. The lowest BCUT2D eigenvalue weighted by Gasteiger charge is -2.09. The molecule has 5 nitrogen and oxygen atoms in total. The average Bonchev–Trinajstić information content (AvgIpc) is 2.48. The molecule has 21 heavy (non-hydrogen) atoms. The number of thioether (sulfide) groups is 1. The Bertz CT molecular complexity index is 646. The molecule has 0 spiro atoms. The molecule has 0 bridgehead atoms. The summed E-state index contributed by atoms with van der Waals surface area (Å²) in [6, 6.07) is 5.26. The highest BCUT2D eigenvalue weighted by Crippen LogP contribution is 2.28. The van der Waals surface area contributed by atoms with Crippen LogP contribution in [0.1, 0.15) is 5.56 Å². The van der Waals surface area contributed by atoms with Crippen LogP contribution in [0.15, 0.2) is 35.6 Å². The van der Waals surface area contributed by atoms with Gasteiger partial charge in [-0.3, -0.25) is 0 Å². The molecule has 0 saturated heterocycles. The number of hydrogen-bond acceptors (Lipinski definition) is 5. The van der Waals surface area contributed by atoms with Crippen molar-refractivity contribution in [2.24, 2.45) is 10.7 Å². The summed E-state index contributed by atoms with van der Waals surface area (Å²) in [4.78, 5) is 12.3. The highest BCUT2D eigenvalue weighted by Gasteiger charge is 2.10. The predicted octanol–water partition coefficient (Wildman–Crippen LogP) is 3.67. The molecule has 0 radical (unpaired) electrons. The van der Waals surface area contributed by atoms with Gasteiger partial charge in [0.1, 0.15) is 6.61 Å². The van der Waals surface area contributed by atoms with E-state index in [1.54, 1.807) is 18.2 Å². The van der Waals surface area contributed by atoms with Gasteiger partial charge in [-0.1, -0.05) is 41.0 Å². The topological polar surface area (TPSA) is 73.4 Å². The van der Waals surface area contributed by atoms with Crippen molar-refractivity contribution in [1.82, 2.24) is 9.97 Å². The Morgan fingerprint density at radius 3 is 2.62 bits per heavy atom. The van der Waals surface area contributed by atoms with Crippen LogP contribution in [-0.4, -0.2) is 21.4 Å². The molecule has 1 aromatic carbocycles. The minimum atomic E-state index is 0.166. The molecule has 0 saturated carbocycles. The Balaban J connectivity index is 2.21. The predicted molar refractivity (Wildman–Crippen MR) is 87.6 cm³/mol. The summed E-state index contributed by atoms with van der Waals surface area (Å²) in [7, 11) is 0. The second kappa shape index (κ2) is 7.49. The van der Waals surface area contributed by atoms with E-state index in [9.17, 15) is 0 Å². The molecule has 8 heteroatoms. The summed E-state index contributed by atoms with van der Waals surface area (Å²) in [6.07, 6.45) is 4.85. The first-order chi connectivity index (χ1) is 10.1. The van der Waals surface area contributed by atoms with Crippen LogP contribution in [-0.2, 0) is 6.61 Å². The average molecular weight is 343 g/mol. The first-order valence-corrected chi connectivity index (χ1v) is 7.84. The number of aliphatic imine (C=N–C) groups is 1. The fourth-order valence-electron chi connectivity index (χ4n) is 1.46. The maximum absolute atomic E-state index is 6.09. The second-order valence-corrected chi connectivity index (χ2v) is 5.47. The van der Waals surface area contributed by atoms with Crippen LogP contribution in [0.4, 0.5) is 5.82 Å². The Morgan fingerprint density at radius 1 is 1.29 bits per heavy atom. The third-order valence-electron chi connectivity index (χ3n) is 2.49. The number of amidine groups is 1. The van der Waals surface area contributed by atoms with Crippen molar-refractivity contribution in [1.29, 1.82) is 0 Å². The van der Waals surface area contributed by atoms with E-state index in [1.807, 2.05) is 6.26 Å². The van der Waals surface area contributed by atoms with E-state index in [4.69, 9.17) is 33.7 Å². The molecule has 0 aliphatic heterocycles. The monoisotopic (exact) mass is 342 g/mol. The molecule has 2 aromatic rings. The first-order valence-electron chi connectivity index (χ1n) is 5.86. The van der Waals surface area contributed by atoms with Crippen molar-refractivity contribution >= 4 is 45.9 Å². The number of benzene rings is 1. The van der Waals surface area contributed by atoms with E-state index in [0.717, 1.165) is 0 Å². The molecule has 0 aliphatic rings. The Morgan fingerprint density at radius 2 is 1.95 bits per heavy atom. The van der Waals surface area contributed by atoms with Gasteiger partial charge in [0, 0.05) is 28.0 Å². The van der Waals surface area contributed by atoms with Crippen LogP contribution >= 0.6 is 35.0 Å². The highest BCUT2D eigenvalue weighted by atomic mass is 35.5. The first kappa shape index (κ1) is 15.9. The van der Waals surface area contributed by atoms with Gasteiger partial charge in [0.25, 0.3) is 5.88 Å². The molecule has 1 heterocycles. The van der Waals surface area contributed by atoms with Gasteiger partial charge in [0.2, 0.25) is 5.82 Å². The van der Waals surface area contributed by atoms with E-state index < -0.39 is 0 Å². The van der Waals surface area contributed by atoms with Crippen LogP contribution < -0.4 is 10.5 Å². The lowest BCUT2D eigenvalue weighted by atomic mass is 10.2. The van der Waals surface area contributed by atoms with Crippen LogP contribution in [0.25, 0.3) is 0 Å². The van der Waals surface area contributed by atoms with Gasteiger partial charge < -0.3 is 10.5 Å². The largest absolute Gasteiger partial charge is 0.470 e. The molecular formula is C13H12Cl2N4OS. The number of aromatic nitrogens is 2. The summed E-state index contributed by atoms with van der Waals surface area (Å²) in [6.45, 7) is 0.166. The molecule has 1 aromatic heterocycles. The SMILES string of the molecule is CSC(N)=Nc1nccnc1OCc1c(Cl)cccc1Cl. The smallest absolute Gasteiger partial charge is 0.260 e. The zero-order chi connectivity index (χ0) is 15.2. The number of nitrogens with two attached hydrogens (primary N) is 1. The van der Waals surface area contributed by atoms with E-state index in [2.05, 4.69) is 15.0 Å². The maximum Gasteiger partial charge on any atom is 0.260 e. The number of halogens is 2. The highest BCUT2D eigenvalue weighted by molar-refractivity contribution is 8.13. The van der Waals surface area contributed by atoms with Gasteiger partial charge in [0.15, 0.2) is 5.17 Å². The fraction of sp³-hybridized carbons (Fsp3) is 0.154. The van der Waals surface area contributed by atoms with Crippen molar-refractivity contribution in [3.8, 4) is 5.88 Å². The fourth-order valence-corrected chi connectivity index (χ4v) is 2.14. The molecule has 2 N–H and O–H groups in total. The molecule has 0 fully saturated rings. The summed E-state index contributed by atoms with van der Waals surface area (Å²) < 4.78 is 5.62. The maximum atomic E-state index is 6.09. The summed E-state index contributed by atoms with van der Waals surface area (Å²) in [5.74, 6) is 0.581. The molecule has 0 atom stereocenters. The van der Waals surface area contributed by atoms with Crippen molar-refractivity contribution in [3.05, 3.63) is 46.2 Å². The molecule has 110 valence electrons. The van der Waals surface area contributed by atoms with E-state index >= 15 is 0 Å². The number of ether oxygens (including phenoxy) is 1. The lowest BCUT2D eigenvalue weighted by Crippen LogP contribution is -2.06. The minimum Gasteiger partial charge on any atom is -0.470 e. The quantitative estimate of drug-likeness (QED) is 0.677.